The normalized spacial score (nSPS) is 29.4. The number of ether oxygens (including phenoxy) is 2. The lowest BCUT2D eigenvalue weighted by Crippen LogP contribution is -2.56. The third kappa shape index (κ3) is 4.59. The maximum absolute atomic E-state index is 14.1. The molecule has 2 saturated heterocycles. The third-order valence-electron chi connectivity index (χ3n) is 8.50. The van der Waals surface area contributed by atoms with Gasteiger partial charge in [0.1, 0.15) is 17.4 Å². The minimum atomic E-state index is -1.20. The Morgan fingerprint density at radius 1 is 1.05 bits per heavy atom. The number of rotatable bonds is 7. The summed E-state index contributed by atoms with van der Waals surface area (Å²) in [6.07, 6.45) is 8.24. The van der Waals surface area contributed by atoms with Crippen molar-refractivity contribution in [1.29, 1.82) is 0 Å². The lowest BCUT2D eigenvalue weighted by Gasteiger charge is -2.34. The first-order valence-electron chi connectivity index (χ1n) is 13.6. The van der Waals surface area contributed by atoms with Crippen molar-refractivity contribution in [2.24, 2.45) is 11.8 Å². The number of nitrogens with one attached hydrogen (secondary N) is 2. The quantitative estimate of drug-likeness (QED) is 0.507. The molecule has 4 aliphatic rings. The lowest BCUT2D eigenvalue weighted by atomic mass is 9.74. The van der Waals surface area contributed by atoms with Crippen LogP contribution in [0, 0.1) is 11.8 Å². The number of hydrogen-bond acceptors (Lipinski definition) is 5. The zero-order chi connectivity index (χ0) is 27.1. The van der Waals surface area contributed by atoms with Crippen LogP contribution in [0.3, 0.4) is 0 Å². The van der Waals surface area contributed by atoms with Crippen LogP contribution in [-0.4, -0.2) is 53.5 Å². The second-order valence-corrected chi connectivity index (χ2v) is 11.3. The summed E-state index contributed by atoms with van der Waals surface area (Å²) >= 11 is 6.08. The van der Waals surface area contributed by atoms with E-state index in [1.807, 2.05) is 24.3 Å². The van der Waals surface area contributed by atoms with E-state index in [-0.39, 0.29) is 30.3 Å². The predicted molar refractivity (Wildman–Crippen MR) is 146 cm³/mol. The number of fused-ring (bicyclic) bond motifs is 1. The fourth-order valence-corrected chi connectivity index (χ4v) is 6.78. The maximum atomic E-state index is 14.1. The average Bonchev–Trinajstić information content (AvgIpc) is 3.58. The van der Waals surface area contributed by atoms with E-state index in [4.69, 9.17) is 21.1 Å². The Bertz CT molecular complexity index is 1290. The fraction of sp³-hybridized carbons (Fsp3) is 0.433. The highest BCUT2D eigenvalue weighted by Gasteiger charge is 2.72. The monoisotopic (exact) mass is 549 g/mol. The van der Waals surface area contributed by atoms with Crippen molar-refractivity contribution in [3.8, 4) is 5.75 Å². The highest BCUT2D eigenvalue weighted by atomic mass is 35.5. The van der Waals surface area contributed by atoms with Gasteiger partial charge in [-0.2, -0.15) is 0 Å². The van der Waals surface area contributed by atoms with Crippen molar-refractivity contribution in [3.05, 3.63) is 71.3 Å². The van der Waals surface area contributed by atoms with Gasteiger partial charge in [-0.15, -0.1) is 0 Å². The van der Waals surface area contributed by atoms with E-state index >= 15 is 0 Å². The Morgan fingerprint density at radius 2 is 1.77 bits per heavy atom. The van der Waals surface area contributed by atoms with Crippen LogP contribution >= 0.6 is 11.6 Å². The predicted octanol–water partition coefficient (Wildman–Crippen LogP) is 4.09. The summed E-state index contributed by atoms with van der Waals surface area (Å²) in [7, 11) is 1.58. The molecular formula is C30H32ClN3O5. The molecule has 0 unspecified atom stereocenters. The molecule has 0 aromatic heterocycles. The number of likely N-dealkylation sites (tertiary alicyclic amines) is 1. The number of carbonyl (C=O) groups excluding carboxylic acids is 3. The van der Waals surface area contributed by atoms with E-state index in [0.717, 1.165) is 31.2 Å². The zero-order valence-corrected chi connectivity index (χ0v) is 22.5. The van der Waals surface area contributed by atoms with Crippen molar-refractivity contribution in [1.82, 2.24) is 10.2 Å². The van der Waals surface area contributed by atoms with Gasteiger partial charge < -0.3 is 25.0 Å². The molecule has 2 bridgehead atoms. The van der Waals surface area contributed by atoms with Crippen LogP contribution in [0.1, 0.15) is 37.7 Å². The van der Waals surface area contributed by atoms with Gasteiger partial charge >= 0.3 is 0 Å². The van der Waals surface area contributed by atoms with Crippen molar-refractivity contribution in [3.63, 3.8) is 0 Å². The smallest absolute Gasteiger partial charge is 0.246 e. The van der Waals surface area contributed by atoms with Gasteiger partial charge in [-0.25, -0.2) is 0 Å². The van der Waals surface area contributed by atoms with Gasteiger partial charge in [0.15, 0.2) is 0 Å². The number of carbonyl (C=O) groups is 3. The summed E-state index contributed by atoms with van der Waals surface area (Å²) in [5, 5.41) is 6.74. The molecule has 1 spiro atoms. The van der Waals surface area contributed by atoms with Crippen LogP contribution in [0.15, 0.2) is 60.7 Å². The highest BCUT2D eigenvalue weighted by Crippen LogP contribution is 2.55. The zero-order valence-electron chi connectivity index (χ0n) is 21.8. The number of benzene rings is 2. The molecule has 5 atom stereocenters. The fourth-order valence-electron chi connectivity index (χ4n) is 6.65. The van der Waals surface area contributed by atoms with E-state index in [9.17, 15) is 14.4 Å². The van der Waals surface area contributed by atoms with E-state index in [0.29, 0.717) is 16.5 Å². The second kappa shape index (κ2) is 10.3. The van der Waals surface area contributed by atoms with Crippen molar-refractivity contribution in [2.75, 3.05) is 12.4 Å². The third-order valence-corrected chi connectivity index (χ3v) is 8.75. The van der Waals surface area contributed by atoms with Crippen LogP contribution < -0.4 is 15.4 Å². The molecule has 3 amide bonds. The number of amides is 3. The summed E-state index contributed by atoms with van der Waals surface area (Å²) in [6, 6.07) is 13.4. The van der Waals surface area contributed by atoms with Crippen LogP contribution in [0.25, 0.3) is 0 Å². The highest BCUT2D eigenvalue weighted by molar-refractivity contribution is 6.30. The second-order valence-electron chi connectivity index (χ2n) is 10.9. The summed E-state index contributed by atoms with van der Waals surface area (Å²) in [4.78, 5) is 43.2. The van der Waals surface area contributed by atoms with Gasteiger partial charge in [0.25, 0.3) is 0 Å². The maximum Gasteiger partial charge on any atom is 0.246 e. The molecule has 2 aromatic rings. The van der Waals surface area contributed by atoms with Crippen molar-refractivity contribution in [2.45, 2.75) is 62.4 Å². The van der Waals surface area contributed by atoms with E-state index in [1.165, 1.54) is 6.42 Å². The molecular weight excluding hydrogens is 518 g/mol. The number of nitrogens with zero attached hydrogens (tertiary/aromatic N) is 1. The minimum absolute atomic E-state index is 0.0749. The molecule has 204 valence electrons. The molecule has 3 fully saturated rings. The van der Waals surface area contributed by atoms with Gasteiger partial charge in [0, 0.05) is 23.3 Å². The lowest BCUT2D eigenvalue weighted by molar-refractivity contribution is -0.142. The topological polar surface area (TPSA) is 97.0 Å². The molecule has 9 heteroatoms. The van der Waals surface area contributed by atoms with Gasteiger partial charge in [0.2, 0.25) is 17.7 Å². The summed E-state index contributed by atoms with van der Waals surface area (Å²) < 4.78 is 11.6. The summed E-state index contributed by atoms with van der Waals surface area (Å²) in [5.74, 6) is -1.68. The standard InChI is InChI=1S/C30H32ClN3O5/c1-38-22-13-11-21(12-14-22)32-27(35)24-23-15-16-30(39-23)25(24)29(37)34(17-18-7-9-19(31)10-8-18)26(30)28(36)33-20-5-3-2-4-6-20/h7-16,20,23-26H,2-6,17H2,1H3,(H,32,35)(H,33,36)/t23-,24-,25-,26+,30-/m0/s1. The first-order chi connectivity index (χ1) is 18.9. The molecule has 3 heterocycles. The van der Waals surface area contributed by atoms with Gasteiger partial charge in [0.05, 0.1) is 25.0 Å². The van der Waals surface area contributed by atoms with Crippen molar-refractivity contribution < 1.29 is 23.9 Å². The average molecular weight is 550 g/mol. The largest absolute Gasteiger partial charge is 0.497 e. The van der Waals surface area contributed by atoms with Gasteiger partial charge in [-0.3, -0.25) is 14.4 Å². The number of anilines is 1. The Labute approximate surface area is 232 Å². The summed E-state index contributed by atoms with van der Waals surface area (Å²) in [6.45, 7) is 0.214. The Kier molecular flexibility index (Phi) is 6.85. The number of halogens is 1. The first kappa shape index (κ1) is 25.9. The van der Waals surface area contributed by atoms with Crippen molar-refractivity contribution >= 4 is 35.0 Å². The number of methoxy groups -OCH3 is 1. The minimum Gasteiger partial charge on any atom is -0.497 e. The van der Waals surface area contributed by atoms with E-state index in [1.54, 1.807) is 48.4 Å². The van der Waals surface area contributed by atoms with Gasteiger partial charge in [-0.1, -0.05) is 55.1 Å². The molecule has 8 nitrogen and oxygen atoms in total. The molecule has 0 radical (unpaired) electrons. The first-order valence-corrected chi connectivity index (χ1v) is 13.9. The van der Waals surface area contributed by atoms with Gasteiger partial charge in [-0.05, 0) is 54.8 Å². The molecule has 2 aromatic carbocycles. The van der Waals surface area contributed by atoms with Crippen LogP contribution in [-0.2, 0) is 25.7 Å². The molecule has 1 saturated carbocycles. The van der Waals surface area contributed by atoms with Crippen LogP contribution in [0.2, 0.25) is 5.02 Å². The van der Waals surface area contributed by atoms with E-state index < -0.39 is 29.6 Å². The number of hydrogen-bond donors (Lipinski definition) is 2. The Morgan fingerprint density at radius 3 is 2.46 bits per heavy atom. The molecule has 2 N–H and O–H groups in total. The molecule has 6 rings (SSSR count). The molecule has 3 aliphatic heterocycles. The summed E-state index contributed by atoms with van der Waals surface area (Å²) in [5.41, 5.74) is 0.239. The van der Waals surface area contributed by atoms with Crippen LogP contribution in [0.4, 0.5) is 5.69 Å². The Hall–Kier alpha value is -3.36. The molecule has 1 aliphatic carbocycles. The Balaban J connectivity index is 1.30. The van der Waals surface area contributed by atoms with E-state index in [2.05, 4.69) is 10.6 Å². The molecule has 39 heavy (non-hydrogen) atoms. The SMILES string of the molecule is COc1ccc(NC(=O)[C@H]2[C@@H]3C=C[C@]4(O3)[C@@H]2C(=O)N(Cc2ccc(Cl)cc2)[C@@H]4C(=O)NC2CCCCC2)cc1. The van der Waals surface area contributed by atoms with Crippen LogP contribution in [0.5, 0.6) is 5.75 Å².